The number of nitrogens with two attached hydrogens (primary N) is 1. The molecule has 100 valence electrons. The van der Waals surface area contributed by atoms with Crippen LogP contribution < -0.4 is 10.5 Å². The summed E-state index contributed by atoms with van der Waals surface area (Å²) in [6.45, 7) is 5.91. The third-order valence-corrected chi connectivity index (χ3v) is 4.18. The van der Waals surface area contributed by atoms with Gasteiger partial charge in [-0.25, -0.2) is 0 Å². The summed E-state index contributed by atoms with van der Waals surface area (Å²) in [7, 11) is 0. The van der Waals surface area contributed by atoms with Gasteiger partial charge in [0.2, 0.25) is 0 Å². The Balaban J connectivity index is 2.26. The van der Waals surface area contributed by atoms with Crippen molar-refractivity contribution in [3.05, 3.63) is 29.8 Å². The summed E-state index contributed by atoms with van der Waals surface area (Å²) < 4.78 is 5.78. The molecule has 0 spiro atoms. The van der Waals surface area contributed by atoms with Gasteiger partial charge in [-0.15, -0.1) is 0 Å². The lowest BCUT2D eigenvalue weighted by Gasteiger charge is -2.35. The zero-order valence-corrected chi connectivity index (χ0v) is 11.6. The number of rotatable bonds is 4. The molecule has 1 fully saturated rings. The molecule has 0 aliphatic heterocycles. The van der Waals surface area contributed by atoms with Crippen molar-refractivity contribution in [2.45, 2.75) is 39.0 Å². The highest BCUT2D eigenvalue weighted by Crippen LogP contribution is 2.43. The molecule has 3 unspecified atom stereocenters. The third kappa shape index (κ3) is 2.86. The molecule has 3 atom stereocenters. The van der Waals surface area contributed by atoms with Gasteiger partial charge in [-0.3, -0.25) is 0 Å². The van der Waals surface area contributed by atoms with E-state index in [1.54, 1.807) is 0 Å². The molecule has 2 nitrogen and oxygen atoms in total. The topological polar surface area (TPSA) is 35.2 Å². The number of ether oxygens (including phenoxy) is 1. The van der Waals surface area contributed by atoms with E-state index in [0.29, 0.717) is 11.8 Å². The van der Waals surface area contributed by atoms with Gasteiger partial charge >= 0.3 is 0 Å². The molecule has 1 aliphatic rings. The maximum Gasteiger partial charge on any atom is 0.122 e. The second-order valence-electron chi connectivity index (χ2n) is 5.49. The van der Waals surface area contributed by atoms with Crippen molar-refractivity contribution < 1.29 is 4.74 Å². The van der Waals surface area contributed by atoms with Gasteiger partial charge in [0.1, 0.15) is 5.75 Å². The molecule has 0 saturated heterocycles. The van der Waals surface area contributed by atoms with Crippen molar-refractivity contribution in [3.8, 4) is 5.75 Å². The summed E-state index contributed by atoms with van der Waals surface area (Å²) >= 11 is 0. The Kier molecular flexibility index (Phi) is 4.65. The van der Waals surface area contributed by atoms with E-state index >= 15 is 0 Å². The predicted octanol–water partition coefficient (Wildman–Crippen LogP) is 3.56. The van der Waals surface area contributed by atoms with Crippen LogP contribution in [-0.4, -0.2) is 13.2 Å². The van der Waals surface area contributed by atoms with Gasteiger partial charge in [0.15, 0.2) is 0 Å². The molecule has 0 aromatic heterocycles. The lowest BCUT2D eigenvalue weighted by atomic mass is 9.71. The highest BCUT2D eigenvalue weighted by atomic mass is 16.5. The quantitative estimate of drug-likeness (QED) is 0.883. The minimum absolute atomic E-state index is 0.571. The molecule has 1 saturated carbocycles. The molecule has 2 rings (SSSR count). The van der Waals surface area contributed by atoms with Crippen LogP contribution in [0.1, 0.15) is 44.6 Å². The molecule has 1 aliphatic carbocycles. The van der Waals surface area contributed by atoms with Gasteiger partial charge in [0.25, 0.3) is 0 Å². The highest BCUT2D eigenvalue weighted by molar-refractivity contribution is 5.37. The lowest BCUT2D eigenvalue weighted by molar-refractivity contribution is 0.245. The van der Waals surface area contributed by atoms with Crippen molar-refractivity contribution in [2.75, 3.05) is 13.2 Å². The number of hydrogen-bond donors (Lipinski definition) is 1. The maximum absolute atomic E-state index is 5.96. The second kappa shape index (κ2) is 6.24. The minimum atomic E-state index is 0.571. The number of benzene rings is 1. The summed E-state index contributed by atoms with van der Waals surface area (Å²) in [5.41, 5.74) is 7.32. The molecule has 18 heavy (non-hydrogen) atoms. The number of para-hydroxylation sites is 1. The molecule has 1 aromatic rings. The van der Waals surface area contributed by atoms with Crippen LogP contribution in [0.15, 0.2) is 24.3 Å². The van der Waals surface area contributed by atoms with Crippen LogP contribution in [0.25, 0.3) is 0 Å². The molecule has 2 N–H and O–H groups in total. The Hall–Kier alpha value is -1.02. The van der Waals surface area contributed by atoms with Crippen LogP contribution in [0.3, 0.4) is 0 Å². The van der Waals surface area contributed by atoms with Crippen LogP contribution in [0.2, 0.25) is 0 Å². The third-order valence-electron chi connectivity index (χ3n) is 4.18. The fourth-order valence-electron chi connectivity index (χ4n) is 3.18. The van der Waals surface area contributed by atoms with E-state index in [9.17, 15) is 0 Å². The minimum Gasteiger partial charge on any atom is -0.494 e. The molecular formula is C16H25NO. The van der Waals surface area contributed by atoms with Crippen molar-refractivity contribution in [3.63, 3.8) is 0 Å². The molecule has 0 bridgehead atoms. The van der Waals surface area contributed by atoms with Crippen molar-refractivity contribution in [1.29, 1.82) is 0 Å². The first-order valence-corrected chi connectivity index (χ1v) is 7.18. The van der Waals surface area contributed by atoms with E-state index < -0.39 is 0 Å². The average Bonchev–Trinajstić information content (AvgIpc) is 2.40. The summed E-state index contributed by atoms with van der Waals surface area (Å²) in [6.07, 6.45) is 3.81. The molecule has 2 heteroatoms. The Morgan fingerprint density at radius 2 is 2.06 bits per heavy atom. The summed E-state index contributed by atoms with van der Waals surface area (Å²) in [4.78, 5) is 0. The van der Waals surface area contributed by atoms with E-state index in [2.05, 4.69) is 31.2 Å². The van der Waals surface area contributed by atoms with E-state index in [-0.39, 0.29) is 0 Å². The SMILES string of the molecule is CCOc1ccccc1C1CC(C)CCC1CN. The number of hydrogen-bond acceptors (Lipinski definition) is 2. The van der Waals surface area contributed by atoms with E-state index in [1.807, 2.05) is 6.92 Å². The van der Waals surface area contributed by atoms with Gasteiger partial charge in [-0.05, 0) is 55.7 Å². The van der Waals surface area contributed by atoms with Gasteiger partial charge in [0.05, 0.1) is 6.61 Å². The zero-order valence-electron chi connectivity index (χ0n) is 11.6. The monoisotopic (exact) mass is 247 g/mol. The van der Waals surface area contributed by atoms with Crippen molar-refractivity contribution >= 4 is 0 Å². The van der Waals surface area contributed by atoms with Crippen LogP contribution in [0, 0.1) is 11.8 Å². The zero-order chi connectivity index (χ0) is 13.0. The van der Waals surface area contributed by atoms with E-state index in [0.717, 1.165) is 24.8 Å². The molecule has 1 aromatic carbocycles. The maximum atomic E-state index is 5.96. The van der Waals surface area contributed by atoms with Gasteiger partial charge in [0, 0.05) is 0 Å². The average molecular weight is 247 g/mol. The Morgan fingerprint density at radius 3 is 2.78 bits per heavy atom. The summed E-state index contributed by atoms with van der Waals surface area (Å²) in [5, 5.41) is 0. The molecule has 0 amide bonds. The lowest BCUT2D eigenvalue weighted by Crippen LogP contribution is -2.28. The fourth-order valence-corrected chi connectivity index (χ4v) is 3.18. The first-order valence-electron chi connectivity index (χ1n) is 7.18. The smallest absolute Gasteiger partial charge is 0.122 e. The van der Waals surface area contributed by atoms with Gasteiger partial charge in [-0.1, -0.05) is 31.5 Å². The van der Waals surface area contributed by atoms with Gasteiger partial charge in [-0.2, -0.15) is 0 Å². The van der Waals surface area contributed by atoms with Crippen LogP contribution in [0.5, 0.6) is 5.75 Å². The first kappa shape index (κ1) is 13.4. The normalized spacial score (nSPS) is 28.1. The molecular weight excluding hydrogens is 222 g/mol. The van der Waals surface area contributed by atoms with Crippen LogP contribution in [-0.2, 0) is 0 Å². The van der Waals surface area contributed by atoms with Crippen molar-refractivity contribution in [2.24, 2.45) is 17.6 Å². The van der Waals surface area contributed by atoms with Crippen LogP contribution in [0.4, 0.5) is 0 Å². The Morgan fingerprint density at radius 1 is 1.28 bits per heavy atom. The van der Waals surface area contributed by atoms with Crippen molar-refractivity contribution in [1.82, 2.24) is 0 Å². The van der Waals surface area contributed by atoms with E-state index in [1.165, 1.54) is 24.8 Å². The standard InChI is InChI=1S/C16H25NO/c1-3-18-16-7-5-4-6-14(16)15-10-12(2)8-9-13(15)11-17/h4-7,12-13,15H,3,8-11,17H2,1-2H3. The predicted molar refractivity (Wildman–Crippen MR) is 75.9 cm³/mol. The van der Waals surface area contributed by atoms with E-state index in [4.69, 9.17) is 10.5 Å². The Bertz CT molecular complexity index is 377. The van der Waals surface area contributed by atoms with Gasteiger partial charge < -0.3 is 10.5 Å². The molecule has 0 heterocycles. The van der Waals surface area contributed by atoms with Crippen LogP contribution >= 0.6 is 0 Å². The second-order valence-corrected chi connectivity index (χ2v) is 5.49. The molecule has 0 radical (unpaired) electrons. The summed E-state index contributed by atoms with van der Waals surface area (Å²) in [5.74, 6) is 3.04. The largest absolute Gasteiger partial charge is 0.494 e. The first-order chi connectivity index (χ1) is 8.76. The fraction of sp³-hybridized carbons (Fsp3) is 0.625. The highest BCUT2D eigenvalue weighted by Gasteiger charge is 2.30. The summed E-state index contributed by atoms with van der Waals surface area (Å²) in [6, 6.07) is 8.48. The Labute approximate surface area is 111 Å².